The van der Waals surface area contributed by atoms with E-state index in [9.17, 15) is 0 Å². The van der Waals surface area contributed by atoms with Crippen LogP contribution in [0.5, 0.6) is 0 Å². The van der Waals surface area contributed by atoms with Gasteiger partial charge in [0, 0.05) is 37.2 Å². The normalized spacial score (nSPS) is 13.1. The van der Waals surface area contributed by atoms with Crippen LogP contribution in [-0.4, -0.2) is 43.8 Å². The molecular formula is C14H26N2OS. The molecule has 0 bridgehead atoms. The first-order valence-electron chi connectivity index (χ1n) is 6.82. The summed E-state index contributed by atoms with van der Waals surface area (Å²) >= 11 is 1.81. The van der Waals surface area contributed by atoms with Gasteiger partial charge in [0.1, 0.15) is 0 Å². The van der Waals surface area contributed by atoms with E-state index in [2.05, 4.69) is 41.6 Å². The number of rotatable bonds is 10. The third-order valence-corrected chi connectivity index (χ3v) is 3.95. The van der Waals surface area contributed by atoms with Crippen LogP contribution in [0.3, 0.4) is 0 Å². The SMILES string of the molecule is CCOCCN(CC)C(C)CNCc1cccs1. The lowest BCUT2D eigenvalue weighted by atomic mass is 10.2. The molecule has 0 fully saturated rings. The Balaban J connectivity index is 2.18. The molecule has 0 saturated heterocycles. The molecule has 1 atom stereocenters. The monoisotopic (exact) mass is 270 g/mol. The molecule has 0 aliphatic rings. The second-order valence-corrected chi connectivity index (χ2v) is 5.42. The zero-order chi connectivity index (χ0) is 13.2. The van der Waals surface area contributed by atoms with Gasteiger partial charge in [-0.3, -0.25) is 4.90 Å². The smallest absolute Gasteiger partial charge is 0.0593 e. The molecule has 1 heterocycles. The summed E-state index contributed by atoms with van der Waals surface area (Å²) in [7, 11) is 0. The molecule has 1 aromatic heterocycles. The maximum absolute atomic E-state index is 5.42. The number of nitrogens with zero attached hydrogens (tertiary/aromatic N) is 1. The van der Waals surface area contributed by atoms with Gasteiger partial charge in [-0.2, -0.15) is 0 Å². The molecule has 0 amide bonds. The van der Waals surface area contributed by atoms with Crippen molar-refractivity contribution < 1.29 is 4.74 Å². The molecule has 1 rings (SSSR count). The van der Waals surface area contributed by atoms with Crippen molar-refractivity contribution in [1.82, 2.24) is 10.2 Å². The van der Waals surface area contributed by atoms with E-state index < -0.39 is 0 Å². The molecule has 1 unspecified atom stereocenters. The van der Waals surface area contributed by atoms with Gasteiger partial charge in [-0.05, 0) is 31.8 Å². The summed E-state index contributed by atoms with van der Waals surface area (Å²) in [4.78, 5) is 3.86. The van der Waals surface area contributed by atoms with Gasteiger partial charge in [0.25, 0.3) is 0 Å². The Labute approximate surface area is 115 Å². The molecule has 18 heavy (non-hydrogen) atoms. The van der Waals surface area contributed by atoms with E-state index >= 15 is 0 Å². The van der Waals surface area contributed by atoms with Crippen LogP contribution in [0.2, 0.25) is 0 Å². The number of ether oxygens (including phenoxy) is 1. The Morgan fingerprint density at radius 2 is 2.28 bits per heavy atom. The number of thiophene rings is 1. The summed E-state index contributed by atoms with van der Waals surface area (Å²) in [5.41, 5.74) is 0. The third kappa shape index (κ3) is 5.96. The van der Waals surface area contributed by atoms with E-state index in [1.807, 2.05) is 18.3 Å². The Morgan fingerprint density at radius 3 is 2.89 bits per heavy atom. The van der Waals surface area contributed by atoms with Crippen LogP contribution in [0.15, 0.2) is 17.5 Å². The summed E-state index contributed by atoms with van der Waals surface area (Å²) in [5, 5.41) is 5.65. The molecule has 0 radical (unpaired) electrons. The van der Waals surface area contributed by atoms with Gasteiger partial charge in [0.15, 0.2) is 0 Å². The Kier molecular flexibility index (Phi) is 8.25. The molecule has 3 nitrogen and oxygen atoms in total. The van der Waals surface area contributed by atoms with Crippen LogP contribution in [0.25, 0.3) is 0 Å². The summed E-state index contributed by atoms with van der Waals surface area (Å²) in [5.74, 6) is 0. The minimum absolute atomic E-state index is 0.551. The van der Waals surface area contributed by atoms with Crippen molar-refractivity contribution >= 4 is 11.3 Å². The molecule has 4 heteroatoms. The van der Waals surface area contributed by atoms with Gasteiger partial charge >= 0.3 is 0 Å². The Hall–Kier alpha value is -0.420. The lowest BCUT2D eigenvalue weighted by Gasteiger charge is -2.27. The minimum atomic E-state index is 0.551. The van der Waals surface area contributed by atoms with Crippen molar-refractivity contribution in [2.24, 2.45) is 0 Å². The molecule has 1 N–H and O–H groups in total. The van der Waals surface area contributed by atoms with Crippen molar-refractivity contribution in [3.8, 4) is 0 Å². The van der Waals surface area contributed by atoms with Crippen LogP contribution in [0.4, 0.5) is 0 Å². The van der Waals surface area contributed by atoms with E-state index in [4.69, 9.17) is 4.74 Å². The number of nitrogens with one attached hydrogen (secondary N) is 1. The van der Waals surface area contributed by atoms with Crippen molar-refractivity contribution in [1.29, 1.82) is 0 Å². The largest absolute Gasteiger partial charge is 0.380 e. The van der Waals surface area contributed by atoms with E-state index in [0.29, 0.717) is 6.04 Å². The van der Waals surface area contributed by atoms with E-state index in [-0.39, 0.29) is 0 Å². The zero-order valence-electron chi connectivity index (χ0n) is 11.8. The summed E-state index contributed by atoms with van der Waals surface area (Å²) in [6.45, 7) is 12.3. The van der Waals surface area contributed by atoms with Gasteiger partial charge in [-0.15, -0.1) is 11.3 Å². The van der Waals surface area contributed by atoms with Gasteiger partial charge in [0.2, 0.25) is 0 Å². The second-order valence-electron chi connectivity index (χ2n) is 4.38. The van der Waals surface area contributed by atoms with Crippen LogP contribution < -0.4 is 5.32 Å². The van der Waals surface area contributed by atoms with Gasteiger partial charge in [-0.1, -0.05) is 13.0 Å². The highest BCUT2D eigenvalue weighted by Crippen LogP contribution is 2.07. The molecule has 0 aliphatic carbocycles. The fraction of sp³-hybridized carbons (Fsp3) is 0.714. The molecule has 0 saturated carbocycles. The summed E-state index contributed by atoms with van der Waals surface area (Å²) in [6.07, 6.45) is 0. The highest BCUT2D eigenvalue weighted by Gasteiger charge is 2.11. The molecule has 0 spiro atoms. The molecular weight excluding hydrogens is 244 g/mol. The van der Waals surface area contributed by atoms with E-state index in [1.165, 1.54) is 4.88 Å². The number of hydrogen-bond acceptors (Lipinski definition) is 4. The van der Waals surface area contributed by atoms with Gasteiger partial charge < -0.3 is 10.1 Å². The van der Waals surface area contributed by atoms with Gasteiger partial charge in [-0.25, -0.2) is 0 Å². The maximum atomic E-state index is 5.42. The predicted molar refractivity (Wildman–Crippen MR) is 79.2 cm³/mol. The highest BCUT2D eigenvalue weighted by molar-refractivity contribution is 7.09. The fourth-order valence-electron chi connectivity index (χ4n) is 1.96. The quantitative estimate of drug-likeness (QED) is 0.661. The molecule has 0 aromatic carbocycles. The van der Waals surface area contributed by atoms with Crippen LogP contribution >= 0.6 is 11.3 Å². The van der Waals surface area contributed by atoms with Crippen LogP contribution in [-0.2, 0) is 11.3 Å². The Morgan fingerprint density at radius 1 is 1.44 bits per heavy atom. The summed E-state index contributed by atoms with van der Waals surface area (Å²) in [6, 6.07) is 4.83. The zero-order valence-corrected chi connectivity index (χ0v) is 12.6. The second kappa shape index (κ2) is 9.50. The third-order valence-electron chi connectivity index (χ3n) is 3.08. The highest BCUT2D eigenvalue weighted by atomic mass is 32.1. The van der Waals surface area contributed by atoms with Crippen molar-refractivity contribution in [3.63, 3.8) is 0 Å². The van der Waals surface area contributed by atoms with Crippen molar-refractivity contribution in [2.45, 2.75) is 33.4 Å². The molecule has 0 aliphatic heterocycles. The minimum Gasteiger partial charge on any atom is -0.380 e. The average Bonchev–Trinajstić information content (AvgIpc) is 2.87. The topological polar surface area (TPSA) is 24.5 Å². The summed E-state index contributed by atoms with van der Waals surface area (Å²) < 4.78 is 5.42. The first-order valence-corrected chi connectivity index (χ1v) is 7.70. The maximum Gasteiger partial charge on any atom is 0.0593 e. The average molecular weight is 270 g/mol. The van der Waals surface area contributed by atoms with Crippen molar-refractivity contribution in [3.05, 3.63) is 22.4 Å². The molecule has 1 aromatic rings. The van der Waals surface area contributed by atoms with Crippen LogP contribution in [0.1, 0.15) is 25.6 Å². The van der Waals surface area contributed by atoms with Crippen molar-refractivity contribution in [2.75, 3.05) is 32.8 Å². The predicted octanol–water partition coefficient (Wildman–Crippen LogP) is 2.58. The number of likely N-dealkylation sites (N-methyl/N-ethyl adjacent to an activating group) is 1. The molecule has 104 valence electrons. The van der Waals surface area contributed by atoms with E-state index in [1.54, 1.807) is 0 Å². The lowest BCUT2D eigenvalue weighted by Crippen LogP contribution is -2.41. The fourth-order valence-corrected chi connectivity index (χ4v) is 2.64. The lowest BCUT2D eigenvalue weighted by molar-refractivity contribution is 0.0998. The van der Waals surface area contributed by atoms with Gasteiger partial charge in [0.05, 0.1) is 6.61 Å². The first kappa shape index (κ1) is 15.6. The first-order chi connectivity index (χ1) is 8.77. The number of hydrogen-bond donors (Lipinski definition) is 1. The Bertz CT molecular complexity index is 290. The van der Waals surface area contributed by atoms with E-state index in [0.717, 1.165) is 39.4 Å². The van der Waals surface area contributed by atoms with Crippen LogP contribution in [0, 0.1) is 0 Å². The standard InChI is InChI=1S/C14H26N2OS/c1-4-16(8-9-17-5-2)13(3)11-15-12-14-7-6-10-18-14/h6-7,10,13,15H,4-5,8-9,11-12H2,1-3H3.